The van der Waals surface area contributed by atoms with E-state index >= 15 is 0 Å². The number of carbonyl (C=O) groups excluding carboxylic acids is 1. The molecule has 1 atom stereocenters. The van der Waals surface area contributed by atoms with Crippen LogP contribution in [0.5, 0.6) is 17.2 Å². The number of amides is 2. The van der Waals surface area contributed by atoms with Gasteiger partial charge in [0, 0.05) is 59.5 Å². The topological polar surface area (TPSA) is 108 Å². The quantitative estimate of drug-likeness (QED) is 0.475. The number of benzene rings is 2. The Labute approximate surface area is 197 Å². The summed E-state index contributed by atoms with van der Waals surface area (Å²) in [5.41, 5.74) is 3.89. The highest BCUT2D eigenvalue weighted by Gasteiger charge is 2.44. The Bertz CT molecular complexity index is 1250. The van der Waals surface area contributed by atoms with E-state index in [2.05, 4.69) is 21.7 Å². The molecule has 3 aliphatic rings. The number of anilines is 1. The number of nitrogens with zero attached hydrogens (tertiary/aromatic N) is 1. The number of hydrogen-bond acceptors (Lipinski definition) is 6. The fraction of sp³-hybridized carbons (Fsp3) is 0.400. The first-order valence-electron chi connectivity index (χ1n) is 11.6. The number of urea groups is 1. The van der Waals surface area contributed by atoms with E-state index in [0.29, 0.717) is 30.3 Å². The Morgan fingerprint density at radius 2 is 2.03 bits per heavy atom. The van der Waals surface area contributed by atoms with Gasteiger partial charge >= 0.3 is 6.03 Å². The summed E-state index contributed by atoms with van der Waals surface area (Å²) < 4.78 is 16.2. The SMILES string of the molecule is COc1ccc2c3c([nH]c2c1)[C@H](CO)NCC31CCN(C(=O)Nc2ccc3c(c2)OCO3)CC1. The third-order valence-corrected chi connectivity index (χ3v) is 7.41. The van der Waals surface area contributed by atoms with Crippen molar-refractivity contribution >= 4 is 22.6 Å². The van der Waals surface area contributed by atoms with Crippen molar-refractivity contribution in [3.05, 3.63) is 47.7 Å². The number of fused-ring (bicyclic) bond motifs is 5. The van der Waals surface area contributed by atoms with Gasteiger partial charge in [-0.15, -0.1) is 0 Å². The number of methoxy groups -OCH3 is 1. The van der Waals surface area contributed by atoms with E-state index < -0.39 is 0 Å². The van der Waals surface area contributed by atoms with E-state index in [4.69, 9.17) is 14.2 Å². The van der Waals surface area contributed by atoms with E-state index in [1.54, 1.807) is 13.2 Å². The average molecular weight is 465 g/mol. The fourth-order valence-electron chi connectivity index (χ4n) is 5.56. The monoisotopic (exact) mass is 464 g/mol. The van der Waals surface area contributed by atoms with Crippen molar-refractivity contribution in [2.45, 2.75) is 24.3 Å². The smallest absolute Gasteiger partial charge is 0.321 e. The summed E-state index contributed by atoms with van der Waals surface area (Å²) in [6.07, 6.45) is 1.66. The highest BCUT2D eigenvalue weighted by atomic mass is 16.7. The second-order valence-electron chi connectivity index (χ2n) is 9.21. The summed E-state index contributed by atoms with van der Waals surface area (Å²) in [5, 5.41) is 17.7. The molecule has 1 aromatic heterocycles. The number of aromatic amines is 1. The second-order valence-corrected chi connectivity index (χ2v) is 9.21. The van der Waals surface area contributed by atoms with Gasteiger partial charge in [0.25, 0.3) is 0 Å². The molecule has 3 aromatic rings. The Morgan fingerprint density at radius 1 is 1.21 bits per heavy atom. The van der Waals surface area contributed by atoms with Crippen LogP contribution in [0.3, 0.4) is 0 Å². The molecule has 0 radical (unpaired) electrons. The van der Waals surface area contributed by atoms with E-state index in [1.807, 2.05) is 29.2 Å². The lowest BCUT2D eigenvalue weighted by Gasteiger charge is -2.46. The maximum atomic E-state index is 13.0. The molecule has 4 N–H and O–H groups in total. The maximum Gasteiger partial charge on any atom is 0.321 e. The number of ether oxygens (including phenoxy) is 3. The third-order valence-electron chi connectivity index (χ3n) is 7.41. The normalized spacial score (nSPS) is 20.4. The molecule has 2 aromatic carbocycles. The third kappa shape index (κ3) is 3.35. The van der Waals surface area contributed by atoms with Crippen molar-refractivity contribution in [1.29, 1.82) is 0 Å². The van der Waals surface area contributed by atoms with Crippen LogP contribution in [0.1, 0.15) is 30.1 Å². The summed E-state index contributed by atoms with van der Waals surface area (Å²) in [6, 6.07) is 11.3. The minimum absolute atomic E-state index is 0.0249. The lowest BCUT2D eigenvalue weighted by atomic mass is 9.69. The molecule has 0 unspecified atom stereocenters. The van der Waals surface area contributed by atoms with Crippen molar-refractivity contribution in [2.24, 2.45) is 0 Å². The van der Waals surface area contributed by atoms with Gasteiger partial charge in [0.1, 0.15) is 5.75 Å². The molecule has 1 fully saturated rings. The van der Waals surface area contributed by atoms with Gasteiger partial charge < -0.3 is 39.8 Å². The van der Waals surface area contributed by atoms with Gasteiger partial charge in [-0.2, -0.15) is 0 Å². The van der Waals surface area contributed by atoms with Crippen LogP contribution in [0.4, 0.5) is 10.5 Å². The van der Waals surface area contributed by atoms with Gasteiger partial charge in [0.05, 0.1) is 19.8 Å². The molecule has 3 aliphatic heterocycles. The predicted molar refractivity (Wildman–Crippen MR) is 127 cm³/mol. The lowest BCUT2D eigenvalue weighted by molar-refractivity contribution is 0.149. The molecule has 6 rings (SSSR count). The molecule has 2 amide bonds. The first-order valence-corrected chi connectivity index (χ1v) is 11.6. The Kier molecular flexibility index (Phi) is 5.04. The largest absolute Gasteiger partial charge is 0.497 e. The molecule has 1 spiro atoms. The number of aromatic nitrogens is 1. The van der Waals surface area contributed by atoms with Gasteiger partial charge in [-0.3, -0.25) is 0 Å². The van der Waals surface area contributed by atoms with E-state index in [9.17, 15) is 9.90 Å². The minimum Gasteiger partial charge on any atom is -0.497 e. The highest BCUT2D eigenvalue weighted by molar-refractivity contribution is 5.90. The van der Waals surface area contributed by atoms with Crippen LogP contribution < -0.4 is 24.8 Å². The zero-order chi connectivity index (χ0) is 23.3. The van der Waals surface area contributed by atoms with Crippen molar-refractivity contribution in [3.63, 3.8) is 0 Å². The first kappa shape index (κ1) is 21.1. The van der Waals surface area contributed by atoms with Gasteiger partial charge in [-0.1, -0.05) is 0 Å². The number of H-pyrrole nitrogens is 1. The van der Waals surface area contributed by atoms with Crippen molar-refractivity contribution < 1.29 is 24.1 Å². The number of hydrogen-bond donors (Lipinski definition) is 4. The molecule has 4 heterocycles. The fourth-order valence-corrected chi connectivity index (χ4v) is 5.56. The van der Waals surface area contributed by atoms with E-state index in [1.165, 1.54) is 5.56 Å². The van der Waals surface area contributed by atoms with Crippen LogP contribution >= 0.6 is 0 Å². The molecule has 0 aliphatic carbocycles. The molecular formula is C25H28N4O5. The molecular weight excluding hydrogens is 436 g/mol. The van der Waals surface area contributed by atoms with Crippen molar-refractivity contribution in [3.8, 4) is 17.2 Å². The van der Waals surface area contributed by atoms with Crippen LogP contribution in [0.15, 0.2) is 36.4 Å². The number of aliphatic hydroxyl groups is 1. The number of nitrogens with one attached hydrogen (secondary N) is 3. The molecule has 0 bridgehead atoms. The van der Waals surface area contributed by atoms with Crippen LogP contribution in [0, 0.1) is 0 Å². The number of piperidine rings is 1. The molecule has 1 saturated heterocycles. The molecule has 0 saturated carbocycles. The molecule has 9 nitrogen and oxygen atoms in total. The summed E-state index contributed by atoms with van der Waals surface area (Å²) in [5.74, 6) is 2.13. The van der Waals surface area contributed by atoms with Gasteiger partial charge in [-0.25, -0.2) is 4.79 Å². The molecule has 9 heteroatoms. The van der Waals surface area contributed by atoms with Gasteiger partial charge in [0.2, 0.25) is 6.79 Å². The van der Waals surface area contributed by atoms with Crippen LogP contribution in [0.2, 0.25) is 0 Å². The minimum atomic E-state index is -0.133. The van der Waals surface area contributed by atoms with Gasteiger partial charge in [-0.05, 0) is 42.7 Å². The highest BCUT2D eigenvalue weighted by Crippen LogP contribution is 2.46. The number of carbonyl (C=O) groups is 1. The van der Waals surface area contributed by atoms with Crippen molar-refractivity contribution in [1.82, 2.24) is 15.2 Å². The Hall–Kier alpha value is -3.43. The van der Waals surface area contributed by atoms with Gasteiger partial charge in [0.15, 0.2) is 11.5 Å². The lowest BCUT2D eigenvalue weighted by Crippen LogP contribution is -2.53. The van der Waals surface area contributed by atoms with Crippen LogP contribution in [0.25, 0.3) is 10.9 Å². The zero-order valence-electron chi connectivity index (χ0n) is 19.0. The number of rotatable bonds is 3. The maximum absolute atomic E-state index is 13.0. The average Bonchev–Trinajstić information content (AvgIpc) is 3.49. The Morgan fingerprint density at radius 3 is 2.82 bits per heavy atom. The summed E-state index contributed by atoms with van der Waals surface area (Å²) in [7, 11) is 1.66. The number of aliphatic hydroxyl groups excluding tert-OH is 1. The summed E-state index contributed by atoms with van der Waals surface area (Å²) in [6.45, 7) is 2.28. The first-order chi connectivity index (χ1) is 16.6. The molecule has 34 heavy (non-hydrogen) atoms. The van der Waals surface area contributed by atoms with Crippen LogP contribution in [-0.4, -0.2) is 61.2 Å². The standard InChI is InChI=1S/C25H28N4O5/c1-32-16-3-4-17-18(11-16)28-23-19(12-30)26-13-25(22(17)23)6-8-29(9-7-25)24(31)27-15-2-5-20-21(10-15)34-14-33-20/h2-5,10-11,19,26,28,30H,6-9,12-14H2,1H3,(H,27,31)/t19-/m0/s1. The summed E-state index contributed by atoms with van der Waals surface area (Å²) >= 11 is 0. The second kappa shape index (κ2) is 8.11. The number of likely N-dealkylation sites (tertiary alicyclic amines) is 1. The molecule has 178 valence electrons. The van der Waals surface area contributed by atoms with E-state index in [0.717, 1.165) is 41.7 Å². The van der Waals surface area contributed by atoms with Crippen molar-refractivity contribution in [2.75, 3.05) is 45.5 Å². The zero-order valence-corrected chi connectivity index (χ0v) is 19.0. The summed E-state index contributed by atoms with van der Waals surface area (Å²) in [4.78, 5) is 18.4. The predicted octanol–water partition coefficient (Wildman–Crippen LogP) is 3.11. The van der Waals surface area contributed by atoms with E-state index in [-0.39, 0.29) is 30.9 Å². The van der Waals surface area contributed by atoms with Crippen LogP contribution in [-0.2, 0) is 5.41 Å². The Balaban J connectivity index is 1.23.